The predicted molar refractivity (Wildman–Crippen MR) is 117 cm³/mol. The van der Waals surface area contributed by atoms with E-state index >= 15 is 0 Å². The van der Waals surface area contributed by atoms with Gasteiger partial charge in [-0.3, -0.25) is 14.5 Å². The molecule has 29 heavy (non-hydrogen) atoms. The maximum absolute atomic E-state index is 13.1. The Morgan fingerprint density at radius 3 is 2.48 bits per heavy atom. The molecule has 2 fully saturated rings. The van der Waals surface area contributed by atoms with Crippen LogP contribution in [0, 0.1) is 11.3 Å². The number of hydrogen-bond acceptors (Lipinski definition) is 4. The minimum absolute atomic E-state index is 0.109. The van der Waals surface area contributed by atoms with Crippen molar-refractivity contribution in [1.29, 1.82) is 0 Å². The Kier molecular flexibility index (Phi) is 5.77. The molecular weight excluding hydrogens is 382 g/mol. The lowest BCUT2D eigenvalue weighted by Crippen LogP contribution is -2.51. The van der Waals surface area contributed by atoms with E-state index in [1.165, 1.54) is 16.9 Å². The second kappa shape index (κ2) is 8.03. The van der Waals surface area contributed by atoms with Crippen molar-refractivity contribution in [3.05, 3.63) is 21.4 Å². The van der Waals surface area contributed by atoms with Crippen LogP contribution < -0.4 is 5.73 Å². The highest BCUT2D eigenvalue weighted by Crippen LogP contribution is 2.40. The van der Waals surface area contributed by atoms with Gasteiger partial charge in [-0.05, 0) is 74.5 Å². The molecule has 1 aromatic heterocycles. The smallest absolute Gasteiger partial charge is 0.263 e. The van der Waals surface area contributed by atoms with Crippen molar-refractivity contribution in [2.45, 2.75) is 77.8 Å². The van der Waals surface area contributed by atoms with Gasteiger partial charge in [-0.25, -0.2) is 0 Å². The van der Waals surface area contributed by atoms with Gasteiger partial charge in [0.1, 0.15) is 0 Å². The number of aryl methyl sites for hydroxylation is 1. The van der Waals surface area contributed by atoms with E-state index in [9.17, 15) is 9.59 Å². The molecule has 2 unspecified atom stereocenters. The number of piperidine rings is 1. The third-order valence-corrected chi connectivity index (χ3v) is 8.59. The molecule has 2 atom stereocenters. The van der Waals surface area contributed by atoms with E-state index in [1.54, 1.807) is 11.3 Å². The van der Waals surface area contributed by atoms with Crippen LogP contribution in [-0.4, -0.2) is 53.3 Å². The van der Waals surface area contributed by atoms with Gasteiger partial charge >= 0.3 is 0 Å². The molecular formula is C23H35N3O2S. The van der Waals surface area contributed by atoms with Gasteiger partial charge in [0, 0.05) is 24.0 Å². The highest BCUT2D eigenvalue weighted by atomic mass is 32.1. The summed E-state index contributed by atoms with van der Waals surface area (Å²) in [5.41, 5.74) is 7.31. The van der Waals surface area contributed by atoms with Gasteiger partial charge < -0.3 is 10.6 Å². The van der Waals surface area contributed by atoms with E-state index < -0.39 is 0 Å². The Morgan fingerprint density at radius 1 is 1.10 bits per heavy atom. The fraction of sp³-hybridized carbons (Fsp3) is 0.739. The Morgan fingerprint density at radius 2 is 1.83 bits per heavy atom. The monoisotopic (exact) mass is 417 g/mol. The molecule has 0 saturated carbocycles. The number of likely N-dealkylation sites (tertiary alicyclic amines) is 2. The van der Waals surface area contributed by atoms with E-state index in [-0.39, 0.29) is 17.9 Å². The minimum atomic E-state index is -0.196. The van der Waals surface area contributed by atoms with Crippen LogP contribution in [0.3, 0.4) is 0 Å². The molecule has 0 radical (unpaired) electrons. The molecule has 4 rings (SSSR count). The average Bonchev–Trinajstić information content (AvgIpc) is 3.33. The molecule has 3 aliphatic rings. The summed E-state index contributed by atoms with van der Waals surface area (Å²) in [5.74, 6) is 0.698. The molecule has 6 heteroatoms. The molecule has 2 N–H and O–H groups in total. The summed E-state index contributed by atoms with van der Waals surface area (Å²) < 4.78 is 0. The van der Waals surface area contributed by atoms with Crippen molar-refractivity contribution >= 4 is 23.2 Å². The first kappa shape index (κ1) is 20.9. The van der Waals surface area contributed by atoms with Gasteiger partial charge in [0.25, 0.3) is 5.91 Å². The second-order valence-corrected chi connectivity index (χ2v) is 11.3. The summed E-state index contributed by atoms with van der Waals surface area (Å²) in [6.07, 6.45) is 7.25. The topological polar surface area (TPSA) is 66.6 Å². The molecule has 2 amide bonds. The van der Waals surface area contributed by atoms with E-state index in [0.717, 1.165) is 63.0 Å². The number of carbonyl (C=O) groups excluding carboxylic acids is 2. The molecule has 2 saturated heterocycles. The fourth-order valence-electron chi connectivity index (χ4n) is 5.46. The van der Waals surface area contributed by atoms with Crippen molar-refractivity contribution < 1.29 is 9.59 Å². The van der Waals surface area contributed by atoms with Crippen molar-refractivity contribution in [3.63, 3.8) is 0 Å². The number of carbonyl (C=O) groups is 2. The molecule has 0 spiro atoms. The highest BCUT2D eigenvalue weighted by Gasteiger charge is 2.37. The molecule has 5 nitrogen and oxygen atoms in total. The summed E-state index contributed by atoms with van der Waals surface area (Å²) in [7, 11) is 0. The number of rotatable bonds is 3. The molecule has 0 aromatic carbocycles. The van der Waals surface area contributed by atoms with Crippen LogP contribution in [0.1, 0.15) is 73.0 Å². The van der Waals surface area contributed by atoms with Crippen LogP contribution in [0.2, 0.25) is 0 Å². The highest BCUT2D eigenvalue weighted by molar-refractivity contribution is 7.14. The van der Waals surface area contributed by atoms with Crippen LogP contribution in [0.15, 0.2) is 6.07 Å². The standard InChI is InChI=1S/C23H35N3O2S/c1-23(2,3)16-6-7-19-15(13-16)14-20(29-19)22(28)25-11-8-17(9-12-25)26-10-4-5-18(26)21(24)27/h14,16-18H,4-13H2,1-3H3,(H2,24,27). The minimum Gasteiger partial charge on any atom is -0.368 e. The molecule has 1 aromatic rings. The molecule has 3 heterocycles. The summed E-state index contributed by atoms with van der Waals surface area (Å²) >= 11 is 1.72. The number of primary amides is 1. The summed E-state index contributed by atoms with van der Waals surface area (Å²) in [5, 5.41) is 0. The number of nitrogens with two attached hydrogens (primary N) is 1. The zero-order valence-electron chi connectivity index (χ0n) is 18.1. The van der Waals surface area contributed by atoms with Crippen LogP contribution >= 0.6 is 11.3 Å². The van der Waals surface area contributed by atoms with Gasteiger partial charge in [0.15, 0.2) is 0 Å². The third kappa shape index (κ3) is 4.24. The zero-order chi connectivity index (χ0) is 20.8. The first-order valence-electron chi connectivity index (χ1n) is 11.2. The normalized spacial score (nSPS) is 26.5. The number of nitrogens with zero attached hydrogens (tertiary/aromatic N) is 2. The van der Waals surface area contributed by atoms with E-state index in [0.29, 0.717) is 17.4 Å². The van der Waals surface area contributed by atoms with E-state index in [4.69, 9.17) is 5.73 Å². The second-order valence-electron chi connectivity index (χ2n) is 10.2. The zero-order valence-corrected chi connectivity index (χ0v) is 18.9. The lowest BCUT2D eigenvalue weighted by Gasteiger charge is -2.38. The number of fused-ring (bicyclic) bond motifs is 1. The molecule has 0 bridgehead atoms. The fourth-order valence-corrected chi connectivity index (χ4v) is 6.63. The average molecular weight is 418 g/mol. The van der Waals surface area contributed by atoms with Gasteiger partial charge in [-0.1, -0.05) is 20.8 Å². The van der Waals surface area contributed by atoms with E-state index in [1.807, 2.05) is 4.90 Å². The van der Waals surface area contributed by atoms with Crippen molar-refractivity contribution in [1.82, 2.24) is 9.80 Å². The number of hydrogen-bond donors (Lipinski definition) is 1. The maximum Gasteiger partial charge on any atom is 0.263 e. The molecule has 160 valence electrons. The van der Waals surface area contributed by atoms with Crippen LogP contribution in [0.5, 0.6) is 0 Å². The van der Waals surface area contributed by atoms with Gasteiger partial charge in [-0.2, -0.15) is 0 Å². The third-order valence-electron chi connectivity index (χ3n) is 7.36. The Balaban J connectivity index is 1.37. The number of amides is 2. The summed E-state index contributed by atoms with van der Waals surface area (Å²) in [6, 6.07) is 2.45. The predicted octanol–water partition coefficient (Wildman–Crippen LogP) is 3.45. The van der Waals surface area contributed by atoms with Crippen LogP contribution in [-0.2, 0) is 17.6 Å². The largest absolute Gasteiger partial charge is 0.368 e. The molecule has 2 aliphatic heterocycles. The van der Waals surface area contributed by atoms with Crippen LogP contribution in [0.25, 0.3) is 0 Å². The van der Waals surface area contributed by atoms with E-state index in [2.05, 4.69) is 31.7 Å². The Hall–Kier alpha value is -1.40. The quantitative estimate of drug-likeness (QED) is 0.819. The first-order chi connectivity index (χ1) is 13.7. The first-order valence-corrected chi connectivity index (χ1v) is 12.0. The Labute approximate surface area is 178 Å². The Bertz CT molecular complexity index is 774. The van der Waals surface area contributed by atoms with Crippen molar-refractivity contribution in [2.75, 3.05) is 19.6 Å². The van der Waals surface area contributed by atoms with Gasteiger partial charge in [0.05, 0.1) is 10.9 Å². The van der Waals surface area contributed by atoms with Crippen LogP contribution in [0.4, 0.5) is 0 Å². The van der Waals surface area contributed by atoms with Crippen molar-refractivity contribution in [2.24, 2.45) is 17.1 Å². The van der Waals surface area contributed by atoms with Crippen molar-refractivity contribution in [3.8, 4) is 0 Å². The SMILES string of the molecule is CC(C)(C)C1CCc2sc(C(=O)N3CCC(N4CCCC4C(N)=O)CC3)cc2C1. The summed E-state index contributed by atoms with van der Waals surface area (Å²) in [6.45, 7) is 9.49. The van der Waals surface area contributed by atoms with Gasteiger partial charge in [0.2, 0.25) is 5.91 Å². The number of thiophene rings is 1. The molecule has 1 aliphatic carbocycles. The summed E-state index contributed by atoms with van der Waals surface area (Å²) in [4.78, 5) is 31.5. The lowest BCUT2D eigenvalue weighted by molar-refractivity contribution is -0.123. The maximum atomic E-state index is 13.1. The van der Waals surface area contributed by atoms with Gasteiger partial charge in [-0.15, -0.1) is 11.3 Å². The lowest BCUT2D eigenvalue weighted by atomic mass is 9.72.